The van der Waals surface area contributed by atoms with Gasteiger partial charge in [-0.15, -0.1) is 5.10 Å². The maximum absolute atomic E-state index is 13.2. The van der Waals surface area contributed by atoms with Crippen LogP contribution in [0.15, 0.2) is 66.7 Å². The fourth-order valence-electron chi connectivity index (χ4n) is 3.12. The molecule has 0 aliphatic rings. The third kappa shape index (κ3) is 5.76. The van der Waals surface area contributed by atoms with Crippen LogP contribution in [0.4, 0.5) is 26.4 Å². The van der Waals surface area contributed by atoms with Crippen molar-refractivity contribution < 1.29 is 18.5 Å². The quantitative estimate of drug-likeness (QED) is 0.258. The van der Waals surface area contributed by atoms with Gasteiger partial charge in [0.2, 0.25) is 11.9 Å². The minimum atomic E-state index is -0.691. The Hall–Kier alpha value is -4.38. The molecule has 4 aromatic rings. The molecule has 9 nitrogen and oxygen atoms in total. The zero-order valence-electron chi connectivity index (χ0n) is 17.9. The molecule has 0 unspecified atom stereocenters. The highest BCUT2D eigenvalue weighted by molar-refractivity contribution is 6.32. The molecule has 0 saturated heterocycles. The molecule has 0 radical (unpaired) electrons. The highest BCUT2D eigenvalue weighted by Gasteiger charge is 2.22. The number of halogens is 3. The second-order valence-corrected chi connectivity index (χ2v) is 7.77. The lowest BCUT2D eigenvalue weighted by Gasteiger charge is -2.07. The van der Waals surface area contributed by atoms with Gasteiger partial charge in [-0.05, 0) is 47.5 Å². The first-order valence-electron chi connectivity index (χ1n) is 10.2. The van der Waals surface area contributed by atoms with E-state index in [1.165, 1.54) is 36.4 Å². The molecule has 1 aromatic heterocycles. The molecule has 3 aromatic carbocycles. The molecule has 0 bridgehead atoms. The van der Waals surface area contributed by atoms with Gasteiger partial charge in [0.05, 0.1) is 4.92 Å². The van der Waals surface area contributed by atoms with E-state index >= 15 is 0 Å². The lowest BCUT2D eigenvalue weighted by Crippen LogP contribution is -2.18. The third-order valence-electron chi connectivity index (χ3n) is 4.92. The van der Waals surface area contributed by atoms with Crippen LogP contribution in [0.3, 0.4) is 0 Å². The number of hydrogen-bond acceptors (Lipinski definition) is 7. The lowest BCUT2D eigenvalue weighted by molar-refractivity contribution is -0.384. The number of hydrogen-bond donors (Lipinski definition) is 2. The summed E-state index contributed by atoms with van der Waals surface area (Å²) >= 11 is 5.85. The van der Waals surface area contributed by atoms with Crippen LogP contribution < -0.4 is 10.6 Å². The largest absolute Gasteiger partial charge is 0.350 e. The summed E-state index contributed by atoms with van der Waals surface area (Å²) in [4.78, 5) is 28.0. The summed E-state index contributed by atoms with van der Waals surface area (Å²) in [5.74, 6) is -1.30. The molecule has 178 valence electrons. The fourth-order valence-corrected chi connectivity index (χ4v) is 3.30. The van der Waals surface area contributed by atoms with E-state index in [1.54, 1.807) is 24.3 Å². The maximum Gasteiger partial charge on any atom is 0.288 e. The Bertz CT molecular complexity index is 1380. The van der Waals surface area contributed by atoms with Crippen molar-refractivity contribution in [1.82, 2.24) is 14.8 Å². The van der Waals surface area contributed by atoms with Gasteiger partial charge in [-0.25, -0.2) is 8.78 Å². The normalized spacial score (nSPS) is 10.7. The van der Waals surface area contributed by atoms with Crippen molar-refractivity contribution in [2.45, 2.75) is 13.1 Å². The highest BCUT2D eigenvalue weighted by Crippen LogP contribution is 2.26. The number of carbonyl (C=O) groups excluding carboxylic acids is 1. The summed E-state index contributed by atoms with van der Waals surface area (Å²) in [6.07, 6.45) is 0. The van der Waals surface area contributed by atoms with E-state index in [-0.39, 0.29) is 47.2 Å². The molecule has 0 saturated carbocycles. The smallest absolute Gasteiger partial charge is 0.288 e. The molecule has 4 rings (SSSR count). The fraction of sp³-hybridized carbons (Fsp3) is 0.0870. The van der Waals surface area contributed by atoms with Gasteiger partial charge in [-0.2, -0.15) is 9.67 Å². The molecule has 0 spiro atoms. The maximum atomic E-state index is 13.2. The average molecular weight is 499 g/mol. The first-order chi connectivity index (χ1) is 16.8. The topological polar surface area (TPSA) is 115 Å². The van der Waals surface area contributed by atoms with Crippen LogP contribution in [-0.2, 0) is 13.1 Å². The molecule has 0 aliphatic carbocycles. The summed E-state index contributed by atoms with van der Waals surface area (Å²) in [6, 6.07) is 15.2. The van der Waals surface area contributed by atoms with E-state index in [0.29, 0.717) is 0 Å². The van der Waals surface area contributed by atoms with Crippen LogP contribution >= 0.6 is 11.6 Å². The van der Waals surface area contributed by atoms with E-state index < -0.39 is 16.5 Å². The van der Waals surface area contributed by atoms with Gasteiger partial charge in [0.15, 0.2) is 0 Å². The number of aromatic nitrogens is 3. The van der Waals surface area contributed by atoms with Gasteiger partial charge in [-0.3, -0.25) is 14.9 Å². The van der Waals surface area contributed by atoms with E-state index in [4.69, 9.17) is 11.6 Å². The Kier molecular flexibility index (Phi) is 6.97. The second-order valence-electron chi connectivity index (χ2n) is 7.36. The van der Waals surface area contributed by atoms with E-state index in [0.717, 1.165) is 21.9 Å². The lowest BCUT2D eigenvalue weighted by atomic mass is 10.2. The molecule has 35 heavy (non-hydrogen) atoms. The number of rotatable bonds is 8. The first kappa shape index (κ1) is 23.8. The Morgan fingerprint density at radius 3 is 2.09 bits per heavy atom. The van der Waals surface area contributed by atoms with Gasteiger partial charge in [0, 0.05) is 24.7 Å². The molecular formula is C23H17ClF2N6O3. The number of nitro groups is 1. The number of carbonyl (C=O) groups is 1. The predicted octanol–water partition coefficient (Wildman–Crippen LogP) is 5.03. The van der Waals surface area contributed by atoms with Crippen LogP contribution in [0.5, 0.6) is 0 Å². The summed E-state index contributed by atoms with van der Waals surface area (Å²) in [6.45, 7) is 0.451. The number of anilines is 2. The summed E-state index contributed by atoms with van der Waals surface area (Å²) in [5, 5.41) is 21.2. The van der Waals surface area contributed by atoms with Crippen molar-refractivity contribution in [1.29, 1.82) is 0 Å². The monoisotopic (exact) mass is 498 g/mol. The van der Waals surface area contributed by atoms with Gasteiger partial charge in [0.25, 0.3) is 11.6 Å². The first-order valence-corrected chi connectivity index (χ1v) is 10.6. The molecule has 0 amide bonds. The van der Waals surface area contributed by atoms with Crippen molar-refractivity contribution in [2.24, 2.45) is 0 Å². The van der Waals surface area contributed by atoms with Gasteiger partial charge < -0.3 is 10.6 Å². The zero-order valence-corrected chi connectivity index (χ0v) is 18.7. The second kappa shape index (κ2) is 10.3. The number of nitro benzene ring substituents is 1. The summed E-state index contributed by atoms with van der Waals surface area (Å²) in [5.41, 5.74) is 1.02. The van der Waals surface area contributed by atoms with Gasteiger partial charge in [0.1, 0.15) is 16.7 Å². The van der Waals surface area contributed by atoms with Crippen molar-refractivity contribution in [3.05, 3.63) is 110 Å². The molecule has 2 N–H and O–H groups in total. The average Bonchev–Trinajstić information content (AvgIpc) is 3.26. The Labute approximate surface area is 202 Å². The minimum absolute atomic E-state index is 0.0269. The van der Waals surface area contributed by atoms with Crippen molar-refractivity contribution >= 4 is 35.1 Å². The van der Waals surface area contributed by atoms with Crippen LogP contribution in [0.2, 0.25) is 5.02 Å². The SMILES string of the molecule is O=C(c1ccc(Cl)c([N+](=O)[O-])c1)n1nc(NCc2ccc(F)cc2)nc1NCc1ccc(F)cc1. The molecular weight excluding hydrogens is 482 g/mol. The Morgan fingerprint density at radius 1 is 0.943 bits per heavy atom. The van der Waals surface area contributed by atoms with Crippen molar-refractivity contribution in [3.8, 4) is 0 Å². The Balaban J connectivity index is 1.61. The summed E-state index contributed by atoms with van der Waals surface area (Å²) in [7, 11) is 0. The standard InChI is InChI=1S/C23H17ClF2N6O3/c24-19-10-5-16(11-20(19)32(34)35)21(33)31-23(28-13-15-3-8-18(26)9-4-15)29-22(30-31)27-12-14-1-6-17(25)7-2-14/h1-11H,12-13H2,(H2,27,28,29,30). The van der Waals surface area contributed by atoms with Crippen LogP contribution in [-0.4, -0.2) is 25.6 Å². The number of benzene rings is 3. The summed E-state index contributed by atoms with van der Waals surface area (Å²) < 4.78 is 27.3. The molecule has 0 atom stereocenters. The van der Waals surface area contributed by atoms with E-state index in [2.05, 4.69) is 20.7 Å². The van der Waals surface area contributed by atoms with Crippen molar-refractivity contribution in [2.75, 3.05) is 10.6 Å². The van der Waals surface area contributed by atoms with Crippen LogP contribution in [0.25, 0.3) is 0 Å². The van der Waals surface area contributed by atoms with E-state index in [9.17, 15) is 23.7 Å². The molecule has 12 heteroatoms. The minimum Gasteiger partial charge on any atom is -0.350 e. The highest BCUT2D eigenvalue weighted by atomic mass is 35.5. The molecule has 1 heterocycles. The molecule has 0 fully saturated rings. The predicted molar refractivity (Wildman–Crippen MR) is 125 cm³/mol. The zero-order chi connectivity index (χ0) is 24.9. The number of nitrogens with one attached hydrogen (secondary N) is 2. The van der Waals surface area contributed by atoms with Crippen molar-refractivity contribution in [3.63, 3.8) is 0 Å². The molecule has 0 aliphatic heterocycles. The van der Waals surface area contributed by atoms with Crippen LogP contribution in [0.1, 0.15) is 21.5 Å². The van der Waals surface area contributed by atoms with Crippen LogP contribution in [0, 0.1) is 21.7 Å². The van der Waals surface area contributed by atoms with Gasteiger partial charge in [-0.1, -0.05) is 35.9 Å². The van der Waals surface area contributed by atoms with E-state index in [1.807, 2.05) is 0 Å². The third-order valence-corrected chi connectivity index (χ3v) is 5.24. The Morgan fingerprint density at radius 2 is 1.51 bits per heavy atom. The van der Waals surface area contributed by atoms with Gasteiger partial charge >= 0.3 is 0 Å². The number of nitrogens with zero attached hydrogens (tertiary/aromatic N) is 4.